The summed E-state index contributed by atoms with van der Waals surface area (Å²) in [7, 11) is 0. The van der Waals surface area contributed by atoms with Gasteiger partial charge in [-0.25, -0.2) is 0 Å². The first kappa shape index (κ1) is 17.0. The average molecular weight is 366 g/mol. The van der Waals surface area contributed by atoms with Crippen LogP contribution in [-0.4, -0.2) is 15.7 Å². The van der Waals surface area contributed by atoms with Crippen molar-refractivity contribution in [2.24, 2.45) is 0 Å². The number of aromatic nitrogens is 2. The van der Waals surface area contributed by atoms with Gasteiger partial charge in [-0.2, -0.15) is 5.10 Å². The molecule has 1 aliphatic rings. The molecule has 0 spiro atoms. The highest BCUT2D eigenvalue weighted by molar-refractivity contribution is 7.10. The van der Waals surface area contributed by atoms with Crippen LogP contribution in [0.1, 0.15) is 53.4 Å². The molecule has 2 atom stereocenters. The number of nitrogens with one attached hydrogen (secondary N) is 1. The van der Waals surface area contributed by atoms with Gasteiger partial charge in [-0.05, 0) is 66.8 Å². The first-order chi connectivity index (χ1) is 12.7. The van der Waals surface area contributed by atoms with E-state index < -0.39 is 0 Å². The van der Waals surface area contributed by atoms with Crippen molar-refractivity contribution >= 4 is 17.2 Å². The Hall–Kier alpha value is -2.40. The zero-order valence-electron chi connectivity index (χ0n) is 14.9. The SMILES string of the molecule is C[C@H](C(=O)N[C@@H](c1ccc2c(c1)CCCC2)c1cccs1)n1cccn1. The second-order valence-corrected chi connectivity index (χ2v) is 7.83. The number of aryl methyl sites for hydroxylation is 2. The number of amides is 1. The largest absolute Gasteiger partial charge is 0.343 e. The van der Waals surface area contributed by atoms with E-state index in [9.17, 15) is 4.79 Å². The Kier molecular flexibility index (Phi) is 4.89. The van der Waals surface area contributed by atoms with E-state index in [1.54, 1.807) is 22.2 Å². The minimum Gasteiger partial charge on any atom is -0.343 e. The molecule has 0 bridgehead atoms. The van der Waals surface area contributed by atoms with Gasteiger partial charge in [0.15, 0.2) is 0 Å². The predicted octanol–water partition coefficient (Wildman–Crippen LogP) is 4.29. The highest BCUT2D eigenvalue weighted by atomic mass is 32.1. The summed E-state index contributed by atoms with van der Waals surface area (Å²) in [6.07, 6.45) is 8.36. The van der Waals surface area contributed by atoms with E-state index in [1.807, 2.05) is 25.3 Å². The number of benzene rings is 1. The molecule has 0 unspecified atom stereocenters. The lowest BCUT2D eigenvalue weighted by atomic mass is 9.89. The number of nitrogens with zero attached hydrogens (tertiary/aromatic N) is 2. The van der Waals surface area contributed by atoms with E-state index in [0.29, 0.717) is 0 Å². The summed E-state index contributed by atoms with van der Waals surface area (Å²) >= 11 is 1.68. The molecule has 1 N–H and O–H groups in total. The maximum absolute atomic E-state index is 12.8. The molecule has 0 fully saturated rings. The molecule has 0 saturated heterocycles. The highest BCUT2D eigenvalue weighted by Crippen LogP contribution is 2.30. The number of carbonyl (C=O) groups excluding carboxylic acids is 1. The van der Waals surface area contributed by atoms with Crippen LogP contribution in [0.25, 0.3) is 0 Å². The van der Waals surface area contributed by atoms with Gasteiger partial charge in [0.05, 0.1) is 6.04 Å². The van der Waals surface area contributed by atoms with E-state index in [-0.39, 0.29) is 18.0 Å². The molecular weight excluding hydrogens is 342 g/mol. The third kappa shape index (κ3) is 3.44. The van der Waals surface area contributed by atoms with Crippen LogP contribution in [0.5, 0.6) is 0 Å². The molecule has 26 heavy (non-hydrogen) atoms. The quantitative estimate of drug-likeness (QED) is 0.733. The minimum atomic E-state index is -0.343. The van der Waals surface area contributed by atoms with Crippen molar-refractivity contribution in [3.05, 3.63) is 75.7 Å². The number of fused-ring (bicyclic) bond motifs is 1. The summed E-state index contributed by atoms with van der Waals surface area (Å²) in [5.41, 5.74) is 4.06. The first-order valence-electron chi connectivity index (χ1n) is 9.17. The van der Waals surface area contributed by atoms with E-state index >= 15 is 0 Å². The molecule has 1 aromatic carbocycles. The third-order valence-electron chi connectivity index (χ3n) is 5.12. The fourth-order valence-corrected chi connectivity index (χ4v) is 4.40. The van der Waals surface area contributed by atoms with Gasteiger partial charge in [0.1, 0.15) is 6.04 Å². The summed E-state index contributed by atoms with van der Waals surface area (Å²) < 4.78 is 1.69. The normalized spacial score (nSPS) is 15.9. The molecular formula is C21H23N3OS. The Bertz CT molecular complexity index is 871. The molecule has 4 rings (SSSR count). The van der Waals surface area contributed by atoms with Gasteiger partial charge in [-0.1, -0.05) is 24.3 Å². The van der Waals surface area contributed by atoms with Crippen LogP contribution in [0.3, 0.4) is 0 Å². The Balaban J connectivity index is 1.62. The van der Waals surface area contributed by atoms with Crippen molar-refractivity contribution in [3.8, 4) is 0 Å². The van der Waals surface area contributed by atoms with Crippen LogP contribution >= 0.6 is 11.3 Å². The van der Waals surface area contributed by atoms with Gasteiger partial charge < -0.3 is 5.32 Å². The van der Waals surface area contributed by atoms with Crippen molar-refractivity contribution < 1.29 is 4.79 Å². The average Bonchev–Trinajstić information content (AvgIpc) is 3.38. The summed E-state index contributed by atoms with van der Waals surface area (Å²) in [4.78, 5) is 14.0. The van der Waals surface area contributed by atoms with Gasteiger partial charge >= 0.3 is 0 Å². The van der Waals surface area contributed by atoms with Crippen molar-refractivity contribution in [2.45, 2.75) is 44.7 Å². The summed E-state index contributed by atoms with van der Waals surface area (Å²) in [5.74, 6) is -0.0233. The van der Waals surface area contributed by atoms with Crippen molar-refractivity contribution in [3.63, 3.8) is 0 Å². The smallest absolute Gasteiger partial charge is 0.245 e. The minimum absolute atomic E-state index is 0.0233. The van der Waals surface area contributed by atoms with Crippen LogP contribution in [-0.2, 0) is 17.6 Å². The zero-order chi connectivity index (χ0) is 17.9. The molecule has 1 aliphatic carbocycles. The van der Waals surface area contributed by atoms with Crippen LogP contribution in [0, 0.1) is 0 Å². The molecule has 4 nitrogen and oxygen atoms in total. The third-order valence-corrected chi connectivity index (χ3v) is 6.06. The fourth-order valence-electron chi connectivity index (χ4n) is 3.60. The summed E-state index contributed by atoms with van der Waals surface area (Å²) in [5, 5.41) is 9.50. The summed E-state index contributed by atoms with van der Waals surface area (Å²) in [6, 6.07) is 12.2. The Morgan fingerprint density at radius 1 is 1.19 bits per heavy atom. The Morgan fingerprint density at radius 3 is 2.77 bits per heavy atom. The lowest BCUT2D eigenvalue weighted by molar-refractivity contribution is -0.124. The Labute approximate surface area is 157 Å². The first-order valence-corrected chi connectivity index (χ1v) is 10.0. The number of hydrogen-bond acceptors (Lipinski definition) is 3. The summed E-state index contributed by atoms with van der Waals surface area (Å²) in [6.45, 7) is 1.88. The number of rotatable bonds is 5. The van der Waals surface area contributed by atoms with Crippen molar-refractivity contribution in [2.75, 3.05) is 0 Å². The molecule has 0 saturated carbocycles. The van der Waals surface area contributed by atoms with Crippen LogP contribution in [0.4, 0.5) is 0 Å². The molecule has 0 radical (unpaired) electrons. The number of carbonyl (C=O) groups is 1. The molecule has 1 amide bonds. The Morgan fingerprint density at radius 2 is 2.04 bits per heavy atom. The van der Waals surface area contributed by atoms with Gasteiger partial charge in [-0.15, -0.1) is 11.3 Å². The van der Waals surface area contributed by atoms with Crippen LogP contribution in [0.2, 0.25) is 0 Å². The fraction of sp³-hybridized carbons (Fsp3) is 0.333. The van der Waals surface area contributed by atoms with Gasteiger partial charge in [0, 0.05) is 17.3 Å². The molecule has 134 valence electrons. The number of hydrogen-bond donors (Lipinski definition) is 1. The predicted molar refractivity (Wildman–Crippen MR) is 104 cm³/mol. The van der Waals surface area contributed by atoms with E-state index in [2.05, 4.69) is 40.1 Å². The second-order valence-electron chi connectivity index (χ2n) is 6.85. The second kappa shape index (κ2) is 7.46. The van der Waals surface area contributed by atoms with E-state index in [1.165, 1.54) is 30.4 Å². The maximum Gasteiger partial charge on any atom is 0.245 e. The monoisotopic (exact) mass is 365 g/mol. The highest BCUT2D eigenvalue weighted by Gasteiger charge is 2.23. The van der Waals surface area contributed by atoms with Crippen LogP contribution < -0.4 is 5.32 Å². The van der Waals surface area contributed by atoms with Gasteiger partial charge in [0.25, 0.3) is 0 Å². The lowest BCUT2D eigenvalue weighted by Gasteiger charge is -2.23. The van der Waals surface area contributed by atoms with E-state index in [0.717, 1.165) is 16.9 Å². The van der Waals surface area contributed by atoms with Gasteiger partial charge in [-0.3, -0.25) is 9.48 Å². The molecule has 0 aliphatic heterocycles. The standard InChI is InChI=1S/C21H23N3OS/c1-15(24-12-5-11-22-24)21(25)23-20(19-8-4-13-26-19)18-10-9-16-6-2-3-7-17(16)14-18/h4-5,8-15,20H,2-3,6-7H2,1H3,(H,23,25)/t15-,20+/m1/s1. The molecule has 5 heteroatoms. The van der Waals surface area contributed by atoms with E-state index in [4.69, 9.17) is 0 Å². The van der Waals surface area contributed by atoms with Gasteiger partial charge in [0.2, 0.25) is 5.91 Å². The lowest BCUT2D eigenvalue weighted by Crippen LogP contribution is -2.34. The van der Waals surface area contributed by atoms with Crippen molar-refractivity contribution in [1.29, 1.82) is 0 Å². The molecule has 3 aromatic rings. The maximum atomic E-state index is 12.8. The number of thiophene rings is 1. The molecule has 2 aromatic heterocycles. The molecule has 2 heterocycles. The van der Waals surface area contributed by atoms with Crippen LogP contribution in [0.15, 0.2) is 54.2 Å². The topological polar surface area (TPSA) is 46.9 Å². The van der Waals surface area contributed by atoms with Crippen molar-refractivity contribution in [1.82, 2.24) is 15.1 Å². The zero-order valence-corrected chi connectivity index (χ0v) is 15.7.